The molecule has 1 fully saturated rings. The lowest BCUT2D eigenvalue weighted by Gasteiger charge is -2.29. The van der Waals surface area contributed by atoms with Crippen LogP contribution in [0.25, 0.3) is 0 Å². The fraction of sp³-hybridized carbons (Fsp3) is 0.488. The minimum Gasteiger partial charge on any atom is -0.481 e. The Hall–Kier alpha value is -6.27. The summed E-state index contributed by atoms with van der Waals surface area (Å²) in [4.78, 5) is 117. The van der Waals surface area contributed by atoms with Crippen LogP contribution in [0.1, 0.15) is 59.3 Å². The number of rotatable bonds is 26. The first kappa shape index (κ1) is 53.1. The molecule has 22 nitrogen and oxygen atoms in total. The molecule has 24 heteroatoms. The molecule has 0 aromatic heterocycles. The van der Waals surface area contributed by atoms with E-state index in [0.29, 0.717) is 30.1 Å². The van der Waals surface area contributed by atoms with E-state index in [9.17, 15) is 56.7 Å². The van der Waals surface area contributed by atoms with E-state index in [4.69, 9.17) is 16.2 Å². The van der Waals surface area contributed by atoms with Gasteiger partial charge in [0.15, 0.2) is 0 Å². The second kappa shape index (κ2) is 25.3. The van der Waals surface area contributed by atoms with E-state index < -0.39 is 119 Å². The van der Waals surface area contributed by atoms with Gasteiger partial charge in [-0.05, 0) is 86.9 Å². The van der Waals surface area contributed by atoms with Crippen molar-refractivity contribution < 1.29 is 61.4 Å². The zero-order valence-corrected chi connectivity index (χ0v) is 38.0. The normalized spacial score (nSPS) is 15.9. The smallest absolute Gasteiger partial charge is 0.305 e. The zero-order chi connectivity index (χ0) is 48.4. The Labute approximate surface area is 380 Å². The third kappa shape index (κ3) is 17.3. The van der Waals surface area contributed by atoms with Crippen LogP contribution < -0.4 is 47.5 Å². The summed E-state index contributed by atoms with van der Waals surface area (Å²) in [6, 6.07) is 5.74. The lowest BCUT2D eigenvalue weighted by Crippen LogP contribution is -2.59. The molecule has 1 saturated heterocycles. The van der Waals surface area contributed by atoms with E-state index >= 15 is 0 Å². The van der Waals surface area contributed by atoms with Gasteiger partial charge in [-0.25, -0.2) is 13.1 Å². The molecule has 1 heterocycles. The van der Waals surface area contributed by atoms with Gasteiger partial charge in [-0.2, -0.15) is 11.8 Å². The first-order valence-corrected chi connectivity index (χ1v) is 23.4. The van der Waals surface area contributed by atoms with Crippen molar-refractivity contribution in [1.29, 1.82) is 0 Å². The van der Waals surface area contributed by atoms with Crippen LogP contribution in [0.3, 0.4) is 0 Å². The number of nitrogens with two attached hydrogens (primary N) is 2. The van der Waals surface area contributed by atoms with Crippen molar-refractivity contribution in [2.75, 3.05) is 25.1 Å². The summed E-state index contributed by atoms with van der Waals surface area (Å²) in [7, 11) is -4.29. The number of carbonyl (C=O) groups excluding carboxylic acids is 8. The number of amides is 8. The molecule has 0 aliphatic carbocycles. The van der Waals surface area contributed by atoms with Gasteiger partial charge in [0.2, 0.25) is 57.3 Å². The monoisotopic (exact) mass is 947 g/mol. The first-order valence-electron chi connectivity index (χ1n) is 20.5. The highest BCUT2D eigenvalue weighted by molar-refractivity contribution is 7.98. The molecule has 0 radical (unpaired) electrons. The Balaban J connectivity index is 1.66. The second-order valence-corrected chi connectivity index (χ2v) is 18.3. The minimum absolute atomic E-state index is 0.0964. The Kier molecular flexibility index (Phi) is 20.6. The molecule has 11 N–H and O–H groups in total. The number of carbonyl (C=O) groups is 9. The molecule has 65 heavy (non-hydrogen) atoms. The van der Waals surface area contributed by atoms with Gasteiger partial charge in [0.05, 0.1) is 24.3 Å². The number of hydrogen-bond donors (Lipinski definition) is 9. The van der Waals surface area contributed by atoms with Gasteiger partial charge in [0.1, 0.15) is 47.8 Å². The van der Waals surface area contributed by atoms with E-state index in [2.05, 4.69) is 31.3 Å². The molecule has 3 rings (SSSR count). The van der Waals surface area contributed by atoms with Crippen molar-refractivity contribution in [1.82, 2.24) is 36.2 Å². The predicted octanol–water partition coefficient (Wildman–Crippen LogP) is -1.17. The highest BCUT2D eigenvalue weighted by Gasteiger charge is 2.38. The standard InChI is InChI=1S/C41H57N9O13S2/c1-23(2)19-29(39(58)47-28(16-18-64-4)41(60)50-17-8-11-32(50)36(43)55)48-37(56)24(3)45-38(57)31(21-35(53)54)49-40(59)30(20-33(42)51)46-34(52)22-44-65(61,62)27-14-12-26(13-15-27)63-25-9-6-5-7-10-25/h5-7,9-10,12-15,23-24,28-32,44H,8,11,16-22H2,1-4H3,(H2,42,51)(H2,43,55)(H,45,57)(H,46,52)(H,47,58)(H,48,56)(H,49,59)(H,53,54)/t24-,28-,29-,30-,31-,32-/m0/s1. The van der Waals surface area contributed by atoms with Gasteiger partial charge in [-0.3, -0.25) is 43.2 Å². The van der Waals surface area contributed by atoms with Crippen molar-refractivity contribution in [2.24, 2.45) is 17.4 Å². The first-order chi connectivity index (χ1) is 30.6. The number of sulfonamides is 1. The summed E-state index contributed by atoms with van der Waals surface area (Å²) in [6.07, 6.45) is 1.18. The fourth-order valence-electron chi connectivity index (χ4n) is 6.54. The van der Waals surface area contributed by atoms with Crippen LogP contribution in [0.4, 0.5) is 0 Å². The third-order valence-corrected chi connectivity index (χ3v) is 11.8. The maximum absolute atomic E-state index is 13.7. The van der Waals surface area contributed by atoms with Gasteiger partial charge < -0.3 is 52.8 Å². The summed E-state index contributed by atoms with van der Waals surface area (Å²) >= 11 is 1.43. The number of nitrogens with zero attached hydrogens (tertiary/aromatic N) is 1. The summed E-state index contributed by atoms with van der Waals surface area (Å²) in [6.45, 7) is 4.15. The number of hydrogen-bond acceptors (Lipinski definition) is 13. The van der Waals surface area contributed by atoms with Crippen molar-refractivity contribution in [3.63, 3.8) is 0 Å². The molecule has 0 spiro atoms. The molecule has 0 bridgehead atoms. The summed E-state index contributed by atoms with van der Waals surface area (Å²) < 4.78 is 33.5. The highest BCUT2D eigenvalue weighted by Crippen LogP contribution is 2.23. The van der Waals surface area contributed by atoms with Crippen molar-refractivity contribution >= 4 is 75.0 Å². The van der Waals surface area contributed by atoms with E-state index in [1.165, 1.54) is 47.9 Å². The van der Waals surface area contributed by atoms with Gasteiger partial charge in [-0.1, -0.05) is 32.0 Å². The topological polar surface area (TPSA) is 345 Å². The average molecular weight is 948 g/mol. The maximum atomic E-state index is 13.7. The van der Waals surface area contributed by atoms with Crippen LogP contribution >= 0.6 is 11.8 Å². The van der Waals surface area contributed by atoms with Crippen LogP contribution in [0.5, 0.6) is 11.5 Å². The third-order valence-electron chi connectivity index (χ3n) is 9.79. The number of para-hydroxylation sites is 1. The summed E-state index contributed by atoms with van der Waals surface area (Å²) in [5.41, 5.74) is 10.8. The fourth-order valence-corrected chi connectivity index (χ4v) is 7.99. The minimum atomic E-state index is -4.29. The molecule has 0 saturated carbocycles. The SMILES string of the molecule is CSCC[C@H](NC(=O)[C@H](CC(C)C)NC(=O)[C@H](C)NC(=O)[C@H](CC(=O)O)NC(=O)[C@H](CC(N)=O)NC(=O)CNS(=O)(=O)c1ccc(Oc2ccccc2)cc1)C(=O)N1CCC[C@H]1C(N)=O. The number of carboxylic acids is 1. The predicted molar refractivity (Wildman–Crippen MR) is 236 cm³/mol. The summed E-state index contributed by atoms with van der Waals surface area (Å²) in [5.74, 6) is -7.79. The number of ether oxygens (including phenoxy) is 1. The van der Waals surface area contributed by atoms with Gasteiger partial charge in [-0.15, -0.1) is 0 Å². The Morgan fingerprint density at radius 3 is 1.92 bits per heavy atom. The van der Waals surface area contributed by atoms with E-state index in [1.807, 2.05) is 6.26 Å². The molecular weight excluding hydrogens is 891 g/mol. The summed E-state index contributed by atoms with van der Waals surface area (Å²) in [5, 5.41) is 21.4. The number of benzene rings is 2. The number of carboxylic acid groups (broad SMARTS) is 1. The molecule has 0 unspecified atom stereocenters. The van der Waals surface area contributed by atoms with Crippen molar-refractivity contribution in [3.8, 4) is 11.5 Å². The molecule has 356 valence electrons. The van der Waals surface area contributed by atoms with E-state index in [1.54, 1.807) is 44.2 Å². The average Bonchev–Trinajstić information content (AvgIpc) is 3.74. The van der Waals surface area contributed by atoms with Crippen LogP contribution in [-0.4, -0.2) is 133 Å². The van der Waals surface area contributed by atoms with Gasteiger partial charge >= 0.3 is 5.97 Å². The van der Waals surface area contributed by atoms with Gasteiger partial charge in [0.25, 0.3) is 0 Å². The lowest BCUT2D eigenvalue weighted by atomic mass is 10.0. The van der Waals surface area contributed by atoms with Crippen molar-refractivity contribution in [3.05, 3.63) is 54.6 Å². The number of nitrogens with one attached hydrogen (secondary N) is 6. The second-order valence-electron chi connectivity index (χ2n) is 15.5. The van der Waals surface area contributed by atoms with Crippen LogP contribution in [-0.2, 0) is 53.2 Å². The van der Waals surface area contributed by atoms with E-state index in [0.717, 1.165) is 0 Å². The number of likely N-dealkylation sites (tertiary alicyclic amines) is 1. The molecule has 8 amide bonds. The van der Waals surface area contributed by atoms with Crippen LogP contribution in [0.2, 0.25) is 0 Å². The molecule has 2 aromatic rings. The molecule has 1 aliphatic heterocycles. The number of primary amides is 2. The largest absolute Gasteiger partial charge is 0.481 e. The van der Waals surface area contributed by atoms with Crippen LogP contribution in [0, 0.1) is 5.92 Å². The highest BCUT2D eigenvalue weighted by atomic mass is 32.2. The van der Waals surface area contributed by atoms with Gasteiger partial charge in [0, 0.05) is 6.54 Å². The molecular formula is C41H57N9O13S2. The number of thioether (sulfide) groups is 1. The maximum Gasteiger partial charge on any atom is 0.305 e. The Morgan fingerprint density at radius 2 is 1.34 bits per heavy atom. The quantitative estimate of drug-likeness (QED) is 0.0537. The molecule has 6 atom stereocenters. The van der Waals surface area contributed by atoms with E-state index in [-0.39, 0.29) is 30.2 Å². The molecule has 1 aliphatic rings. The lowest BCUT2D eigenvalue weighted by molar-refractivity contribution is -0.142. The molecule has 2 aromatic carbocycles. The Bertz CT molecular complexity index is 2140. The zero-order valence-electron chi connectivity index (χ0n) is 36.4. The number of aliphatic carboxylic acids is 1. The Morgan fingerprint density at radius 1 is 0.769 bits per heavy atom. The van der Waals surface area contributed by atoms with Crippen LogP contribution in [0.15, 0.2) is 59.5 Å². The van der Waals surface area contributed by atoms with Crippen molar-refractivity contribution in [2.45, 2.75) is 100 Å².